The molecule has 2 heterocycles. The molecule has 0 amide bonds. The number of nitrogens with two attached hydrogens (primary N) is 1. The molecule has 1 atom stereocenters. The lowest BCUT2D eigenvalue weighted by Gasteiger charge is -2.00. The number of hydrogen-bond acceptors (Lipinski definition) is 5. The fourth-order valence-electron chi connectivity index (χ4n) is 1.61. The summed E-state index contributed by atoms with van der Waals surface area (Å²) in [6.45, 7) is 0. The normalized spacial score (nSPS) is 12.7. The van der Waals surface area contributed by atoms with Crippen LogP contribution in [0, 0.1) is 0 Å². The van der Waals surface area contributed by atoms with Crippen molar-refractivity contribution in [3.63, 3.8) is 0 Å². The highest BCUT2D eigenvalue weighted by molar-refractivity contribution is 7.87. The number of pyridine rings is 1. The van der Waals surface area contributed by atoms with Crippen LogP contribution in [0.25, 0.3) is 10.9 Å². The predicted molar refractivity (Wildman–Crippen MR) is 72.9 cm³/mol. The molecule has 1 unspecified atom stereocenters. The topological polar surface area (TPSA) is 68.9 Å². The molecule has 0 aliphatic carbocycles. The van der Waals surface area contributed by atoms with Crippen molar-refractivity contribution in [1.29, 1.82) is 0 Å². The number of rotatable bonds is 2. The predicted octanol–water partition coefficient (Wildman–Crippen LogP) is 2.44. The van der Waals surface area contributed by atoms with E-state index < -0.39 is 10.8 Å². The summed E-state index contributed by atoms with van der Waals surface area (Å²) in [6, 6.07) is 11.4. The van der Waals surface area contributed by atoms with Gasteiger partial charge < -0.3 is 5.73 Å². The number of nitrogen functional groups attached to an aromatic ring is 1. The van der Waals surface area contributed by atoms with Gasteiger partial charge in [-0.25, -0.2) is 14.2 Å². The van der Waals surface area contributed by atoms with Gasteiger partial charge in [0.15, 0.2) is 5.13 Å². The molecule has 1 aromatic carbocycles. The van der Waals surface area contributed by atoms with Crippen LogP contribution in [0.3, 0.4) is 0 Å². The summed E-state index contributed by atoms with van der Waals surface area (Å²) in [5.74, 6) is 0. The number of fused-ring (bicyclic) bond motifs is 1. The van der Waals surface area contributed by atoms with E-state index >= 15 is 0 Å². The lowest BCUT2D eigenvalue weighted by atomic mass is 10.2. The third-order valence-corrected chi connectivity index (χ3v) is 4.85. The first-order valence-corrected chi connectivity index (χ1v) is 7.19. The van der Waals surface area contributed by atoms with Crippen molar-refractivity contribution in [2.45, 2.75) is 9.24 Å². The van der Waals surface area contributed by atoms with Crippen molar-refractivity contribution >= 4 is 38.2 Å². The van der Waals surface area contributed by atoms with Crippen molar-refractivity contribution in [2.24, 2.45) is 0 Å². The summed E-state index contributed by atoms with van der Waals surface area (Å²) < 4.78 is 12.9. The Labute approximate surface area is 110 Å². The van der Waals surface area contributed by atoms with Crippen LogP contribution in [-0.4, -0.2) is 14.2 Å². The van der Waals surface area contributed by atoms with Gasteiger partial charge in [0, 0.05) is 5.39 Å². The van der Waals surface area contributed by atoms with E-state index in [2.05, 4.69) is 9.97 Å². The van der Waals surface area contributed by atoms with Gasteiger partial charge in [-0.15, -0.1) is 0 Å². The Morgan fingerprint density at radius 2 is 2.00 bits per heavy atom. The minimum Gasteiger partial charge on any atom is -0.375 e. The zero-order chi connectivity index (χ0) is 12.5. The highest BCUT2D eigenvalue weighted by Gasteiger charge is 2.12. The van der Waals surface area contributed by atoms with E-state index in [-0.39, 0.29) is 0 Å². The Hall–Kier alpha value is -1.79. The molecule has 2 N–H and O–H groups in total. The molecular weight excluding hydrogens is 266 g/mol. The standard InChI is InChI=1S/C12H9N3OS2/c13-12-14-7-11(17-12)18(16)10-6-5-8-3-1-2-4-9(8)15-10/h1-7H,(H2,13,14). The number of benzene rings is 1. The number of para-hydroxylation sites is 1. The highest BCUT2D eigenvalue weighted by atomic mass is 32.2. The number of hydrogen-bond donors (Lipinski definition) is 1. The van der Waals surface area contributed by atoms with Crippen molar-refractivity contribution < 1.29 is 4.21 Å². The first kappa shape index (κ1) is 11.3. The average molecular weight is 275 g/mol. The zero-order valence-electron chi connectivity index (χ0n) is 9.24. The Kier molecular flexibility index (Phi) is 2.81. The second-order valence-corrected chi connectivity index (χ2v) is 6.34. The van der Waals surface area contributed by atoms with E-state index in [1.165, 1.54) is 17.5 Å². The maximum Gasteiger partial charge on any atom is 0.181 e. The Bertz CT molecular complexity index is 739. The molecule has 2 aromatic heterocycles. The lowest BCUT2D eigenvalue weighted by molar-refractivity contribution is 0.682. The lowest BCUT2D eigenvalue weighted by Crippen LogP contribution is -1.94. The summed E-state index contributed by atoms with van der Waals surface area (Å²) in [5.41, 5.74) is 6.37. The van der Waals surface area contributed by atoms with E-state index in [0.717, 1.165) is 10.9 Å². The quantitative estimate of drug-likeness (QED) is 0.780. The average Bonchev–Trinajstić information content (AvgIpc) is 2.84. The largest absolute Gasteiger partial charge is 0.375 e. The Morgan fingerprint density at radius 1 is 1.17 bits per heavy atom. The molecule has 0 radical (unpaired) electrons. The van der Waals surface area contributed by atoms with Crippen LogP contribution in [0.1, 0.15) is 0 Å². The molecule has 0 fully saturated rings. The second kappa shape index (κ2) is 4.47. The van der Waals surface area contributed by atoms with Crippen molar-refractivity contribution in [3.05, 3.63) is 42.6 Å². The van der Waals surface area contributed by atoms with E-state index in [1.54, 1.807) is 6.07 Å². The van der Waals surface area contributed by atoms with Crippen LogP contribution in [0.2, 0.25) is 0 Å². The third-order valence-electron chi connectivity index (χ3n) is 2.45. The molecule has 18 heavy (non-hydrogen) atoms. The van der Waals surface area contributed by atoms with Gasteiger partial charge in [0.25, 0.3) is 0 Å². The van der Waals surface area contributed by atoms with Crippen LogP contribution in [-0.2, 0) is 10.8 Å². The molecular formula is C12H9N3OS2. The van der Waals surface area contributed by atoms with E-state index in [1.807, 2.05) is 30.3 Å². The summed E-state index contributed by atoms with van der Waals surface area (Å²) in [5, 5.41) is 1.97. The number of aromatic nitrogens is 2. The molecule has 4 nitrogen and oxygen atoms in total. The molecule has 3 aromatic rings. The van der Waals surface area contributed by atoms with Gasteiger partial charge in [0.2, 0.25) is 0 Å². The van der Waals surface area contributed by atoms with Crippen LogP contribution < -0.4 is 5.73 Å². The number of anilines is 1. The first-order chi connectivity index (χ1) is 8.74. The van der Waals surface area contributed by atoms with Gasteiger partial charge >= 0.3 is 0 Å². The monoisotopic (exact) mass is 275 g/mol. The van der Waals surface area contributed by atoms with Crippen LogP contribution in [0.15, 0.2) is 51.8 Å². The van der Waals surface area contributed by atoms with E-state index in [4.69, 9.17) is 5.73 Å². The SMILES string of the molecule is Nc1ncc(S(=O)c2ccc3ccccc3n2)s1. The molecule has 0 saturated heterocycles. The van der Waals surface area contributed by atoms with Crippen LogP contribution in [0.5, 0.6) is 0 Å². The highest BCUT2D eigenvalue weighted by Crippen LogP contribution is 2.23. The van der Waals surface area contributed by atoms with E-state index in [9.17, 15) is 4.21 Å². The van der Waals surface area contributed by atoms with Gasteiger partial charge in [-0.05, 0) is 12.1 Å². The van der Waals surface area contributed by atoms with Crippen molar-refractivity contribution in [3.8, 4) is 0 Å². The van der Waals surface area contributed by atoms with Gasteiger partial charge in [0.1, 0.15) is 20.0 Å². The summed E-state index contributed by atoms with van der Waals surface area (Å²) in [4.78, 5) is 8.30. The maximum absolute atomic E-state index is 12.3. The minimum absolute atomic E-state index is 0.416. The fourth-order valence-corrected chi connectivity index (χ4v) is 3.57. The minimum atomic E-state index is -1.32. The molecule has 3 rings (SSSR count). The third kappa shape index (κ3) is 2.00. The van der Waals surface area contributed by atoms with Gasteiger partial charge in [-0.1, -0.05) is 35.6 Å². The zero-order valence-corrected chi connectivity index (χ0v) is 10.9. The van der Waals surface area contributed by atoms with Gasteiger partial charge in [-0.3, -0.25) is 0 Å². The number of nitrogens with zero attached hydrogens (tertiary/aromatic N) is 2. The molecule has 0 bridgehead atoms. The van der Waals surface area contributed by atoms with Crippen molar-refractivity contribution in [1.82, 2.24) is 9.97 Å². The molecule has 0 spiro atoms. The van der Waals surface area contributed by atoms with Gasteiger partial charge in [-0.2, -0.15) is 0 Å². The summed E-state index contributed by atoms with van der Waals surface area (Å²) in [7, 11) is -1.32. The summed E-state index contributed by atoms with van der Waals surface area (Å²) >= 11 is 1.22. The molecule has 0 saturated carbocycles. The first-order valence-electron chi connectivity index (χ1n) is 5.23. The smallest absolute Gasteiger partial charge is 0.181 e. The van der Waals surface area contributed by atoms with Crippen molar-refractivity contribution in [2.75, 3.05) is 5.73 Å². The maximum atomic E-state index is 12.3. The summed E-state index contributed by atoms with van der Waals surface area (Å²) in [6.07, 6.45) is 1.53. The van der Waals surface area contributed by atoms with Crippen LogP contribution >= 0.6 is 11.3 Å². The van der Waals surface area contributed by atoms with Gasteiger partial charge in [0.05, 0.1) is 11.7 Å². The van der Waals surface area contributed by atoms with E-state index in [0.29, 0.717) is 14.4 Å². The Balaban J connectivity index is 2.06. The fraction of sp³-hybridized carbons (Fsp3) is 0. The Morgan fingerprint density at radius 3 is 2.78 bits per heavy atom. The molecule has 0 aliphatic rings. The second-order valence-electron chi connectivity index (χ2n) is 3.63. The molecule has 6 heteroatoms. The molecule has 90 valence electrons. The molecule has 0 aliphatic heterocycles. The van der Waals surface area contributed by atoms with Crippen LogP contribution in [0.4, 0.5) is 5.13 Å². The number of thiazole rings is 1.